The highest BCUT2D eigenvalue weighted by atomic mass is 16.5. The van der Waals surface area contributed by atoms with E-state index in [0.717, 1.165) is 42.2 Å². The number of H-pyrrole nitrogens is 1. The lowest BCUT2D eigenvalue weighted by Gasteiger charge is -2.34. The highest BCUT2D eigenvalue weighted by Crippen LogP contribution is 2.31. The highest BCUT2D eigenvalue weighted by Gasteiger charge is 2.24. The molecular weight excluding hydrogens is 438 g/mol. The number of aromatic amines is 1. The van der Waals surface area contributed by atoms with Crippen molar-refractivity contribution in [1.82, 2.24) is 15.5 Å². The minimum Gasteiger partial charge on any atom is -0.381 e. The molecule has 0 spiro atoms. The zero-order valence-electron chi connectivity index (χ0n) is 20.5. The van der Waals surface area contributed by atoms with E-state index in [-0.39, 0.29) is 0 Å². The monoisotopic (exact) mass is 475 g/mol. The fourth-order valence-electron chi connectivity index (χ4n) is 5.80. The molecule has 2 aliphatic rings. The summed E-state index contributed by atoms with van der Waals surface area (Å²) >= 11 is 0. The van der Waals surface area contributed by atoms with E-state index in [4.69, 9.17) is 9.26 Å². The van der Waals surface area contributed by atoms with E-state index < -0.39 is 5.76 Å². The third kappa shape index (κ3) is 6.50. The minimum absolute atomic E-state index is 0.461. The Labute approximate surface area is 207 Å². The molecule has 2 atom stereocenters. The topological polar surface area (TPSA) is 80.2 Å². The second-order valence-electron chi connectivity index (χ2n) is 10.2. The van der Waals surface area contributed by atoms with Crippen molar-refractivity contribution in [3.05, 3.63) is 64.6 Å². The van der Waals surface area contributed by atoms with Gasteiger partial charge in [0.25, 0.3) is 0 Å². The summed E-state index contributed by atoms with van der Waals surface area (Å²) < 4.78 is 10.2. The summed E-state index contributed by atoms with van der Waals surface area (Å²) in [6.07, 6.45) is 12.8. The van der Waals surface area contributed by atoms with Crippen molar-refractivity contribution >= 4 is 0 Å². The maximum atomic E-state index is 11.4. The van der Waals surface area contributed by atoms with Gasteiger partial charge in [-0.25, -0.2) is 4.79 Å². The summed E-state index contributed by atoms with van der Waals surface area (Å²) in [6, 6.07) is 18.1. The van der Waals surface area contributed by atoms with Crippen molar-refractivity contribution < 1.29 is 9.26 Å². The van der Waals surface area contributed by atoms with Gasteiger partial charge >= 0.3 is 5.76 Å². The number of hydrogen-bond acceptors (Lipinski definition) is 5. The second-order valence-corrected chi connectivity index (χ2v) is 10.2. The third-order valence-corrected chi connectivity index (χ3v) is 7.69. The number of hydrogen-bond donors (Lipinski definition) is 2. The van der Waals surface area contributed by atoms with Gasteiger partial charge in [0.05, 0.1) is 0 Å². The van der Waals surface area contributed by atoms with Crippen LogP contribution in [-0.2, 0) is 11.2 Å². The van der Waals surface area contributed by atoms with Crippen LogP contribution in [0.2, 0.25) is 0 Å². The van der Waals surface area contributed by atoms with Gasteiger partial charge < -0.3 is 10.1 Å². The summed E-state index contributed by atoms with van der Waals surface area (Å²) in [5.74, 6) is 0.801. The molecule has 6 nitrogen and oxygen atoms in total. The highest BCUT2D eigenvalue weighted by molar-refractivity contribution is 5.80. The Morgan fingerprint density at radius 2 is 1.71 bits per heavy atom. The summed E-state index contributed by atoms with van der Waals surface area (Å²) in [7, 11) is 0. The third-order valence-electron chi connectivity index (χ3n) is 7.69. The maximum absolute atomic E-state index is 11.4. The standard InChI is InChI=1S/C29H37N3O3/c33-29-31-28(32-35-29)27-11-4-3-10-26(27)23-14-12-21(13-15-23)6-1-2-7-22-8-5-9-25(20-22)30-24-16-18-34-19-17-24/h3-4,10-15,22,24-25,30H,1-2,5-9,16-20H2,(H,31,32,33). The molecule has 0 radical (unpaired) electrons. The number of rotatable bonds is 9. The Balaban J connectivity index is 1.09. The SMILES string of the molecule is O=c1[nH]c(-c2ccccc2-c2ccc(CCCCC3CCCC(NC4CCOCC4)C3)cc2)no1. The molecule has 1 saturated heterocycles. The predicted octanol–water partition coefficient (Wildman–Crippen LogP) is 5.74. The van der Waals surface area contributed by atoms with Gasteiger partial charge in [0.15, 0.2) is 5.82 Å². The van der Waals surface area contributed by atoms with Gasteiger partial charge in [-0.05, 0) is 61.1 Å². The van der Waals surface area contributed by atoms with Crippen LogP contribution in [0.3, 0.4) is 0 Å². The zero-order valence-corrected chi connectivity index (χ0v) is 20.5. The molecule has 5 rings (SSSR count). The van der Waals surface area contributed by atoms with Crippen molar-refractivity contribution in [2.45, 2.75) is 76.3 Å². The van der Waals surface area contributed by atoms with Crippen molar-refractivity contribution in [3.8, 4) is 22.5 Å². The molecule has 1 aliphatic heterocycles. The number of benzene rings is 2. The smallest absolute Gasteiger partial charge is 0.381 e. The Hall–Kier alpha value is -2.70. The first-order valence-electron chi connectivity index (χ1n) is 13.3. The molecule has 186 valence electrons. The molecule has 1 aromatic heterocycles. The molecule has 2 fully saturated rings. The van der Waals surface area contributed by atoms with Gasteiger partial charge in [0.1, 0.15) is 0 Å². The maximum Gasteiger partial charge on any atom is 0.439 e. The van der Waals surface area contributed by atoms with Crippen LogP contribution in [0.1, 0.15) is 63.4 Å². The van der Waals surface area contributed by atoms with Crippen LogP contribution in [0.25, 0.3) is 22.5 Å². The number of aryl methyl sites for hydroxylation is 1. The summed E-state index contributed by atoms with van der Waals surface area (Å²) in [5.41, 5.74) is 4.38. The first-order valence-corrected chi connectivity index (χ1v) is 13.3. The molecule has 3 aromatic rings. The van der Waals surface area contributed by atoms with Crippen LogP contribution in [0.4, 0.5) is 0 Å². The summed E-state index contributed by atoms with van der Waals surface area (Å²) in [5, 5.41) is 7.79. The van der Waals surface area contributed by atoms with E-state index in [9.17, 15) is 4.79 Å². The Morgan fingerprint density at radius 1 is 0.914 bits per heavy atom. The van der Waals surface area contributed by atoms with Gasteiger partial charge in [-0.3, -0.25) is 9.51 Å². The molecule has 0 bridgehead atoms. The Morgan fingerprint density at radius 3 is 2.49 bits per heavy atom. The van der Waals surface area contributed by atoms with Crippen LogP contribution in [0.15, 0.2) is 57.8 Å². The average Bonchev–Trinajstić information content (AvgIpc) is 3.34. The number of nitrogens with one attached hydrogen (secondary N) is 2. The quantitative estimate of drug-likeness (QED) is 0.386. The number of aromatic nitrogens is 2. The molecule has 35 heavy (non-hydrogen) atoms. The zero-order chi connectivity index (χ0) is 23.9. The van der Waals surface area contributed by atoms with Gasteiger partial charge in [-0.15, -0.1) is 0 Å². The van der Waals surface area contributed by atoms with Gasteiger partial charge in [0, 0.05) is 30.9 Å². The second kappa shape index (κ2) is 11.8. The first kappa shape index (κ1) is 24.0. The van der Waals surface area contributed by atoms with E-state index in [1.807, 2.05) is 24.3 Å². The fraction of sp³-hybridized carbons (Fsp3) is 0.517. The minimum atomic E-state index is -0.538. The predicted molar refractivity (Wildman–Crippen MR) is 138 cm³/mol. The van der Waals surface area contributed by atoms with E-state index >= 15 is 0 Å². The molecule has 2 unspecified atom stereocenters. The van der Waals surface area contributed by atoms with Crippen molar-refractivity contribution in [2.75, 3.05) is 13.2 Å². The largest absolute Gasteiger partial charge is 0.439 e. The van der Waals surface area contributed by atoms with Crippen LogP contribution < -0.4 is 11.1 Å². The van der Waals surface area contributed by atoms with Crippen LogP contribution in [-0.4, -0.2) is 35.4 Å². The molecule has 6 heteroatoms. The summed E-state index contributed by atoms with van der Waals surface area (Å²) in [4.78, 5) is 14.0. The molecule has 0 amide bonds. The fourth-order valence-corrected chi connectivity index (χ4v) is 5.80. The Kier molecular flexibility index (Phi) is 8.11. The van der Waals surface area contributed by atoms with Crippen LogP contribution in [0, 0.1) is 5.92 Å². The van der Waals surface area contributed by atoms with E-state index in [0.29, 0.717) is 17.9 Å². The van der Waals surface area contributed by atoms with Gasteiger partial charge in [-0.2, -0.15) is 0 Å². The Bertz CT molecular complexity index is 1110. The van der Waals surface area contributed by atoms with Crippen LogP contribution in [0.5, 0.6) is 0 Å². The van der Waals surface area contributed by atoms with Gasteiger partial charge in [-0.1, -0.05) is 79.4 Å². The molecule has 1 saturated carbocycles. The molecule has 2 heterocycles. The van der Waals surface area contributed by atoms with Crippen molar-refractivity contribution in [2.24, 2.45) is 5.92 Å². The molecule has 2 N–H and O–H groups in total. The number of ether oxygens (including phenoxy) is 1. The van der Waals surface area contributed by atoms with E-state index in [1.54, 1.807) is 0 Å². The first-order chi connectivity index (χ1) is 17.2. The van der Waals surface area contributed by atoms with Crippen LogP contribution >= 0.6 is 0 Å². The van der Waals surface area contributed by atoms with E-state index in [2.05, 4.69) is 39.7 Å². The lowest BCUT2D eigenvalue weighted by Crippen LogP contribution is -2.43. The number of nitrogens with zero attached hydrogens (tertiary/aromatic N) is 1. The molecular formula is C29H37N3O3. The lowest BCUT2D eigenvalue weighted by molar-refractivity contribution is 0.0716. The lowest BCUT2D eigenvalue weighted by atomic mass is 9.82. The normalized spacial score (nSPS) is 21.3. The van der Waals surface area contributed by atoms with Crippen molar-refractivity contribution in [1.29, 1.82) is 0 Å². The number of unbranched alkanes of at least 4 members (excludes halogenated alkanes) is 1. The van der Waals surface area contributed by atoms with E-state index in [1.165, 1.54) is 63.4 Å². The average molecular weight is 476 g/mol. The molecule has 1 aliphatic carbocycles. The summed E-state index contributed by atoms with van der Waals surface area (Å²) in [6.45, 7) is 1.84. The molecule has 2 aromatic carbocycles. The van der Waals surface area contributed by atoms with Crippen molar-refractivity contribution in [3.63, 3.8) is 0 Å². The van der Waals surface area contributed by atoms with Gasteiger partial charge in [0.2, 0.25) is 0 Å².